The summed E-state index contributed by atoms with van der Waals surface area (Å²) in [5.41, 5.74) is 1.79. The number of nitrogens with zero attached hydrogens (tertiary/aromatic N) is 4. The second-order valence-corrected chi connectivity index (χ2v) is 5.44. The molecule has 0 saturated carbocycles. The van der Waals surface area contributed by atoms with Gasteiger partial charge in [0.25, 0.3) is 0 Å². The van der Waals surface area contributed by atoms with E-state index in [1.165, 1.54) is 0 Å². The van der Waals surface area contributed by atoms with Crippen LogP contribution < -0.4 is 5.43 Å². The number of aromatic nitrogens is 2. The second kappa shape index (κ2) is 5.30. The zero-order valence-corrected chi connectivity index (χ0v) is 12.8. The molecule has 0 N–H and O–H groups in total. The molecule has 12 heteroatoms. The molecule has 1 aliphatic heterocycles. The summed E-state index contributed by atoms with van der Waals surface area (Å²) in [7, 11) is 0. The maximum Gasteiger partial charge on any atom is 0.435 e. The summed E-state index contributed by atoms with van der Waals surface area (Å²) in [4.78, 5) is 0. The lowest BCUT2D eigenvalue weighted by Crippen LogP contribution is -2.14. The molecule has 0 bridgehead atoms. The van der Waals surface area contributed by atoms with Gasteiger partial charge in [-0.2, -0.15) is 36.5 Å². The SMILES string of the molecule is FC(F)(F)CC1=N[N]C(n2nc(C(F)(F)F)cc2Br)=C1Br. The third-order valence-electron chi connectivity index (χ3n) is 2.24. The Hall–Kier alpha value is -1.04. The van der Waals surface area contributed by atoms with Gasteiger partial charge in [-0.05, 0) is 31.9 Å². The molecule has 0 aromatic carbocycles. The largest absolute Gasteiger partial charge is 0.435 e. The fourth-order valence-electron chi connectivity index (χ4n) is 1.41. The van der Waals surface area contributed by atoms with E-state index in [1.54, 1.807) is 0 Å². The fourth-order valence-corrected chi connectivity index (χ4v) is 2.34. The van der Waals surface area contributed by atoms with Gasteiger partial charge in [-0.3, -0.25) is 0 Å². The zero-order chi connectivity index (χ0) is 16.0. The molecule has 2 heterocycles. The monoisotopic (exact) mass is 439 g/mol. The molecule has 0 atom stereocenters. The molecule has 0 spiro atoms. The molecule has 115 valence electrons. The molecule has 0 unspecified atom stereocenters. The van der Waals surface area contributed by atoms with Crippen LogP contribution in [0.5, 0.6) is 0 Å². The minimum absolute atomic E-state index is 0.117. The van der Waals surface area contributed by atoms with Gasteiger partial charge >= 0.3 is 12.4 Å². The number of hydrogen-bond donors (Lipinski definition) is 0. The van der Waals surface area contributed by atoms with Crippen molar-refractivity contribution < 1.29 is 26.3 Å². The topological polar surface area (TPSA) is 44.3 Å². The van der Waals surface area contributed by atoms with E-state index in [0.717, 1.165) is 0 Å². The first-order valence-corrected chi connectivity index (χ1v) is 6.65. The highest BCUT2D eigenvalue weighted by Gasteiger charge is 2.37. The highest BCUT2D eigenvalue weighted by Crippen LogP contribution is 2.34. The molecule has 1 aromatic rings. The van der Waals surface area contributed by atoms with Crippen LogP contribution in [0.3, 0.4) is 0 Å². The van der Waals surface area contributed by atoms with E-state index in [1.807, 2.05) is 0 Å². The molecule has 1 radical (unpaired) electrons. The highest BCUT2D eigenvalue weighted by molar-refractivity contribution is 9.12. The average Bonchev–Trinajstić information content (AvgIpc) is 2.82. The summed E-state index contributed by atoms with van der Waals surface area (Å²) in [6.07, 6.45) is -10.6. The number of alkyl halides is 6. The summed E-state index contributed by atoms with van der Waals surface area (Å²) >= 11 is 5.69. The third kappa shape index (κ3) is 3.59. The first-order chi connectivity index (χ1) is 9.49. The Morgan fingerprint density at radius 1 is 1.10 bits per heavy atom. The smallest absolute Gasteiger partial charge is 0.205 e. The Kier molecular flexibility index (Phi) is 4.12. The van der Waals surface area contributed by atoms with Crippen molar-refractivity contribution in [3.63, 3.8) is 0 Å². The number of allylic oxidation sites excluding steroid dienone is 1. The Morgan fingerprint density at radius 2 is 1.71 bits per heavy atom. The van der Waals surface area contributed by atoms with Crippen molar-refractivity contribution in [2.45, 2.75) is 18.8 Å². The van der Waals surface area contributed by atoms with Crippen LogP contribution in [0, 0.1) is 0 Å². The highest BCUT2D eigenvalue weighted by atomic mass is 79.9. The normalized spacial score (nSPS) is 16.3. The average molecular weight is 441 g/mol. The first kappa shape index (κ1) is 16.3. The van der Waals surface area contributed by atoms with Gasteiger partial charge in [0.15, 0.2) is 11.5 Å². The standard InChI is InChI=1S/C9H3Br2F6N4/c10-5-1-4(9(15,16)17)20-21(5)7-6(11)3(18-19-7)2-8(12,13)14/h1H,2H2. The Labute approximate surface area is 130 Å². The van der Waals surface area contributed by atoms with Crippen LogP contribution in [0.4, 0.5) is 26.3 Å². The maximum atomic E-state index is 12.5. The summed E-state index contributed by atoms with van der Waals surface area (Å²) in [6, 6.07) is 0.685. The zero-order valence-electron chi connectivity index (χ0n) is 9.60. The van der Waals surface area contributed by atoms with Gasteiger partial charge in [-0.1, -0.05) is 0 Å². The predicted molar refractivity (Wildman–Crippen MR) is 67.3 cm³/mol. The lowest BCUT2D eigenvalue weighted by molar-refractivity contribution is -0.141. The molecule has 21 heavy (non-hydrogen) atoms. The van der Waals surface area contributed by atoms with Gasteiger partial charge in [0.05, 0.1) is 16.6 Å². The third-order valence-corrected chi connectivity index (χ3v) is 3.62. The van der Waals surface area contributed by atoms with Crippen LogP contribution in [-0.4, -0.2) is 21.7 Å². The van der Waals surface area contributed by atoms with Crippen molar-refractivity contribution >= 4 is 43.4 Å². The van der Waals surface area contributed by atoms with Crippen LogP contribution in [0.1, 0.15) is 12.1 Å². The molecule has 1 aliphatic rings. The van der Waals surface area contributed by atoms with Crippen LogP contribution >= 0.6 is 31.9 Å². The van der Waals surface area contributed by atoms with Crippen molar-refractivity contribution in [1.29, 1.82) is 0 Å². The van der Waals surface area contributed by atoms with Crippen molar-refractivity contribution in [3.8, 4) is 0 Å². The van der Waals surface area contributed by atoms with Crippen LogP contribution in [0.15, 0.2) is 20.3 Å². The Balaban J connectivity index is 2.34. The van der Waals surface area contributed by atoms with E-state index in [0.29, 0.717) is 10.7 Å². The molecular weight excluding hydrogens is 438 g/mol. The van der Waals surface area contributed by atoms with Gasteiger partial charge in [-0.15, -0.1) is 5.43 Å². The van der Waals surface area contributed by atoms with Gasteiger partial charge < -0.3 is 0 Å². The van der Waals surface area contributed by atoms with Crippen LogP contribution in [-0.2, 0) is 6.18 Å². The molecule has 0 aliphatic carbocycles. The predicted octanol–water partition coefficient (Wildman–Crippen LogP) is 4.11. The van der Waals surface area contributed by atoms with Gasteiger partial charge in [-0.25, -0.2) is 4.68 Å². The van der Waals surface area contributed by atoms with E-state index in [4.69, 9.17) is 0 Å². The van der Waals surface area contributed by atoms with Crippen molar-refractivity contribution in [3.05, 3.63) is 20.8 Å². The lowest BCUT2D eigenvalue weighted by Gasteiger charge is -2.05. The Bertz CT molecular complexity index is 627. The molecule has 0 fully saturated rings. The quantitative estimate of drug-likeness (QED) is 0.638. The number of hydrogen-bond acceptors (Lipinski definition) is 2. The van der Waals surface area contributed by atoms with E-state index >= 15 is 0 Å². The van der Waals surface area contributed by atoms with Crippen LogP contribution in [0.2, 0.25) is 0 Å². The van der Waals surface area contributed by atoms with Crippen molar-refractivity contribution in [2.24, 2.45) is 5.10 Å². The summed E-state index contributed by atoms with van der Waals surface area (Å²) in [5, 5.41) is 6.56. The number of halogens is 8. The van der Waals surface area contributed by atoms with E-state index in [9.17, 15) is 26.3 Å². The van der Waals surface area contributed by atoms with Crippen LogP contribution in [0.25, 0.3) is 5.82 Å². The van der Waals surface area contributed by atoms with Crippen molar-refractivity contribution in [2.75, 3.05) is 0 Å². The molecule has 0 saturated heterocycles. The fraction of sp³-hybridized carbons (Fsp3) is 0.333. The molecule has 4 nitrogen and oxygen atoms in total. The minimum Gasteiger partial charge on any atom is -0.205 e. The second-order valence-electron chi connectivity index (χ2n) is 3.84. The van der Waals surface area contributed by atoms with E-state index < -0.39 is 30.2 Å². The molecule has 0 amide bonds. The lowest BCUT2D eigenvalue weighted by atomic mass is 10.2. The van der Waals surface area contributed by atoms with E-state index in [2.05, 4.69) is 47.5 Å². The van der Waals surface area contributed by atoms with Gasteiger partial charge in [0, 0.05) is 6.07 Å². The molecular formula is C9H3Br2F6N4. The van der Waals surface area contributed by atoms with E-state index in [-0.39, 0.29) is 14.9 Å². The minimum atomic E-state index is -4.69. The summed E-state index contributed by atoms with van der Waals surface area (Å²) < 4.78 is 74.9. The Morgan fingerprint density at radius 3 is 2.19 bits per heavy atom. The molecule has 2 rings (SSSR count). The van der Waals surface area contributed by atoms with Gasteiger partial charge in [0.2, 0.25) is 0 Å². The maximum absolute atomic E-state index is 12.5. The van der Waals surface area contributed by atoms with Gasteiger partial charge in [0.1, 0.15) is 4.60 Å². The van der Waals surface area contributed by atoms with Crippen molar-refractivity contribution in [1.82, 2.24) is 15.2 Å². The summed E-state index contributed by atoms with van der Waals surface area (Å²) in [5.74, 6) is -0.267. The number of rotatable bonds is 2. The summed E-state index contributed by atoms with van der Waals surface area (Å²) in [6.45, 7) is 0. The molecule has 1 aromatic heterocycles. The first-order valence-electron chi connectivity index (χ1n) is 5.06.